The van der Waals surface area contributed by atoms with Crippen molar-refractivity contribution in [3.63, 3.8) is 0 Å². The van der Waals surface area contributed by atoms with Crippen LogP contribution in [0.3, 0.4) is 0 Å². The zero-order chi connectivity index (χ0) is 18.0. The van der Waals surface area contributed by atoms with E-state index in [2.05, 4.69) is 10.3 Å². The molecule has 5 nitrogen and oxygen atoms in total. The quantitative estimate of drug-likeness (QED) is 0.662. The van der Waals surface area contributed by atoms with Gasteiger partial charge in [0.25, 0.3) is 0 Å². The van der Waals surface area contributed by atoms with Crippen LogP contribution in [0.1, 0.15) is 26.3 Å². The topological polar surface area (TPSA) is 61.8 Å². The third-order valence-electron chi connectivity index (χ3n) is 4.01. The minimum atomic E-state index is -3.14. The van der Waals surface area contributed by atoms with Crippen molar-refractivity contribution < 1.29 is 17.2 Å². The average molecular weight is 359 g/mol. The molecule has 24 heavy (non-hydrogen) atoms. The van der Waals surface area contributed by atoms with Crippen LogP contribution in [0, 0.1) is 11.6 Å². The first-order chi connectivity index (χ1) is 11.1. The fourth-order valence-corrected chi connectivity index (χ4v) is 3.98. The number of nitrogens with zero attached hydrogens (tertiary/aromatic N) is 2. The van der Waals surface area contributed by atoms with Crippen molar-refractivity contribution >= 4 is 15.8 Å². The molecule has 1 aromatic carbocycles. The molecule has 0 saturated carbocycles. The van der Waals surface area contributed by atoms with Crippen molar-refractivity contribution in [2.75, 3.05) is 25.4 Å². The Bertz CT molecular complexity index is 713. The normalized spacial score (nSPS) is 20.0. The lowest BCUT2D eigenvalue weighted by molar-refractivity contribution is 0.353. The second-order valence-electron chi connectivity index (χ2n) is 6.45. The molecule has 1 N–H and O–H groups in total. The molecule has 134 valence electrons. The molecule has 0 unspecified atom stereocenters. The van der Waals surface area contributed by atoms with Crippen molar-refractivity contribution in [2.24, 2.45) is 4.99 Å². The van der Waals surface area contributed by atoms with Gasteiger partial charge in [0.2, 0.25) is 0 Å². The molecule has 2 rings (SSSR count). The molecule has 1 aromatic rings. The smallest absolute Gasteiger partial charge is 0.194 e. The molecule has 0 aliphatic carbocycles. The molecule has 1 saturated heterocycles. The predicted octanol–water partition coefficient (Wildman–Crippen LogP) is 1.94. The molecule has 0 radical (unpaired) electrons. The summed E-state index contributed by atoms with van der Waals surface area (Å²) in [5, 5.41) is 3.11. The molecular weight excluding hydrogens is 336 g/mol. The van der Waals surface area contributed by atoms with Crippen LogP contribution in [-0.4, -0.2) is 49.4 Å². The molecule has 0 aromatic heterocycles. The maximum absolute atomic E-state index is 13.3. The third-order valence-corrected chi connectivity index (χ3v) is 6.54. The number of hydrogen-bond donors (Lipinski definition) is 1. The van der Waals surface area contributed by atoms with E-state index in [0.29, 0.717) is 31.2 Å². The largest absolute Gasteiger partial charge is 0.357 e. The van der Waals surface area contributed by atoms with E-state index in [-0.39, 0.29) is 12.3 Å². The highest BCUT2D eigenvalue weighted by Crippen LogP contribution is 2.23. The summed E-state index contributed by atoms with van der Waals surface area (Å²) in [6.07, 6.45) is 0. The molecule has 1 heterocycles. The molecule has 1 aliphatic heterocycles. The predicted molar refractivity (Wildman–Crippen MR) is 90.6 cm³/mol. The van der Waals surface area contributed by atoms with E-state index in [1.165, 1.54) is 12.1 Å². The highest BCUT2D eigenvalue weighted by Gasteiger charge is 2.40. The Labute approximate surface area is 141 Å². The van der Waals surface area contributed by atoms with Gasteiger partial charge in [-0.05, 0) is 38.5 Å². The summed E-state index contributed by atoms with van der Waals surface area (Å²) in [5.74, 6) is -0.685. The molecule has 0 spiro atoms. The maximum Gasteiger partial charge on any atom is 0.194 e. The van der Waals surface area contributed by atoms with E-state index >= 15 is 0 Å². The minimum Gasteiger partial charge on any atom is -0.357 e. The Morgan fingerprint density at radius 2 is 1.92 bits per heavy atom. The number of guanidine groups is 1. The number of sulfone groups is 1. The van der Waals surface area contributed by atoms with Crippen LogP contribution in [0.15, 0.2) is 23.2 Å². The Kier molecular flexibility index (Phi) is 5.47. The molecule has 0 bridgehead atoms. The van der Waals surface area contributed by atoms with Gasteiger partial charge in [-0.25, -0.2) is 22.2 Å². The lowest BCUT2D eigenvalue weighted by Crippen LogP contribution is -2.57. The molecule has 1 aliphatic rings. The highest BCUT2D eigenvalue weighted by atomic mass is 32.2. The van der Waals surface area contributed by atoms with Gasteiger partial charge in [0.1, 0.15) is 11.6 Å². The van der Waals surface area contributed by atoms with E-state index in [0.717, 1.165) is 6.07 Å². The zero-order valence-electron chi connectivity index (χ0n) is 14.1. The standard InChI is InChI=1S/C16H23F2N3O2S/c1-4-19-15(20-10-12-7-13(17)9-14(18)8-12)21-5-6-24(22,23)16(2,3)11-21/h7-9H,4-6,10-11H2,1-3H3,(H,19,20). The first-order valence-corrected chi connectivity index (χ1v) is 9.50. The summed E-state index contributed by atoms with van der Waals surface area (Å²) in [4.78, 5) is 6.28. The van der Waals surface area contributed by atoms with Crippen LogP contribution in [0.25, 0.3) is 0 Å². The second kappa shape index (κ2) is 7.04. The van der Waals surface area contributed by atoms with Crippen LogP contribution in [0.4, 0.5) is 8.78 Å². The number of halogens is 2. The van der Waals surface area contributed by atoms with Crippen LogP contribution >= 0.6 is 0 Å². The SMILES string of the molecule is CCNC(=NCc1cc(F)cc(F)c1)N1CCS(=O)(=O)C(C)(C)C1. The number of rotatable bonds is 3. The number of nitrogens with one attached hydrogen (secondary N) is 1. The lowest BCUT2D eigenvalue weighted by atomic mass is 10.2. The second-order valence-corrected chi connectivity index (χ2v) is 9.19. The van der Waals surface area contributed by atoms with Crippen molar-refractivity contribution in [3.8, 4) is 0 Å². The van der Waals surface area contributed by atoms with Gasteiger partial charge in [-0.15, -0.1) is 0 Å². The fraction of sp³-hybridized carbons (Fsp3) is 0.562. The number of hydrogen-bond acceptors (Lipinski definition) is 3. The minimum absolute atomic E-state index is 0.0546. The Morgan fingerprint density at radius 1 is 1.29 bits per heavy atom. The fourth-order valence-electron chi connectivity index (χ4n) is 2.62. The van der Waals surface area contributed by atoms with E-state index in [4.69, 9.17) is 0 Å². The van der Waals surface area contributed by atoms with Gasteiger partial charge in [-0.3, -0.25) is 0 Å². The summed E-state index contributed by atoms with van der Waals surface area (Å²) in [7, 11) is -3.14. The summed E-state index contributed by atoms with van der Waals surface area (Å²) < 4.78 is 49.9. The van der Waals surface area contributed by atoms with Gasteiger partial charge in [0.15, 0.2) is 15.8 Å². The van der Waals surface area contributed by atoms with Crippen LogP contribution < -0.4 is 5.32 Å². The van der Waals surface area contributed by atoms with Gasteiger partial charge in [-0.2, -0.15) is 0 Å². The third kappa shape index (κ3) is 4.23. The molecular formula is C16H23F2N3O2S. The van der Waals surface area contributed by atoms with E-state index < -0.39 is 26.2 Å². The highest BCUT2D eigenvalue weighted by molar-refractivity contribution is 7.92. The Morgan fingerprint density at radius 3 is 2.46 bits per heavy atom. The van der Waals surface area contributed by atoms with Gasteiger partial charge < -0.3 is 10.2 Å². The molecule has 0 atom stereocenters. The summed E-state index contributed by atoms with van der Waals surface area (Å²) in [5.41, 5.74) is 0.423. The Balaban J connectivity index is 2.20. The maximum atomic E-state index is 13.3. The Hall–Kier alpha value is -1.70. The molecule has 0 amide bonds. The van der Waals surface area contributed by atoms with E-state index in [1.807, 2.05) is 11.8 Å². The van der Waals surface area contributed by atoms with Crippen LogP contribution in [-0.2, 0) is 16.4 Å². The number of aliphatic imine (C=N–C) groups is 1. The monoisotopic (exact) mass is 359 g/mol. The van der Waals surface area contributed by atoms with Gasteiger partial charge >= 0.3 is 0 Å². The summed E-state index contributed by atoms with van der Waals surface area (Å²) >= 11 is 0. The average Bonchev–Trinajstić information content (AvgIpc) is 2.45. The van der Waals surface area contributed by atoms with Gasteiger partial charge in [0, 0.05) is 25.7 Å². The molecule has 8 heteroatoms. The first-order valence-electron chi connectivity index (χ1n) is 7.85. The van der Waals surface area contributed by atoms with Crippen LogP contribution in [0.2, 0.25) is 0 Å². The van der Waals surface area contributed by atoms with Crippen molar-refractivity contribution in [2.45, 2.75) is 32.1 Å². The van der Waals surface area contributed by atoms with E-state index in [1.54, 1.807) is 13.8 Å². The van der Waals surface area contributed by atoms with Gasteiger partial charge in [-0.1, -0.05) is 0 Å². The zero-order valence-corrected chi connectivity index (χ0v) is 15.0. The van der Waals surface area contributed by atoms with Crippen molar-refractivity contribution in [1.82, 2.24) is 10.2 Å². The lowest BCUT2D eigenvalue weighted by Gasteiger charge is -2.39. The van der Waals surface area contributed by atoms with Crippen molar-refractivity contribution in [3.05, 3.63) is 35.4 Å². The van der Waals surface area contributed by atoms with Crippen molar-refractivity contribution in [1.29, 1.82) is 0 Å². The summed E-state index contributed by atoms with van der Waals surface area (Å²) in [6.45, 7) is 6.68. The number of benzene rings is 1. The molecule has 1 fully saturated rings. The first kappa shape index (κ1) is 18.6. The van der Waals surface area contributed by atoms with Crippen LogP contribution in [0.5, 0.6) is 0 Å². The van der Waals surface area contributed by atoms with Gasteiger partial charge in [0.05, 0.1) is 17.0 Å². The van der Waals surface area contributed by atoms with E-state index in [9.17, 15) is 17.2 Å². The summed E-state index contributed by atoms with van der Waals surface area (Å²) in [6, 6.07) is 3.29.